The topological polar surface area (TPSA) is 89.6 Å². The first-order valence-corrected chi connectivity index (χ1v) is 8.35. The molecule has 2 rings (SSSR count). The number of aromatic nitrogens is 1. The van der Waals surface area contributed by atoms with Gasteiger partial charge in [0.2, 0.25) is 0 Å². The lowest BCUT2D eigenvalue weighted by Crippen LogP contribution is -2.25. The van der Waals surface area contributed by atoms with E-state index in [4.69, 9.17) is 21.1 Å². The Kier molecular flexibility index (Phi) is 6.80. The van der Waals surface area contributed by atoms with E-state index in [0.29, 0.717) is 28.8 Å². The van der Waals surface area contributed by atoms with Crippen LogP contribution in [0, 0.1) is 0 Å². The van der Waals surface area contributed by atoms with Crippen molar-refractivity contribution in [2.75, 3.05) is 26.1 Å². The summed E-state index contributed by atoms with van der Waals surface area (Å²) in [6.07, 6.45) is 2.22. The molecule has 0 unspecified atom stereocenters. The summed E-state index contributed by atoms with van der Waals surface area (Å²) in [7, 11) is 2.94. The largest absolute Gasteiger partial charge is 0.495 e. The fraction of sp³-hybridized carbons (Fsp3) is 0.278. The molecule has 26 heavy (non-hydrogen) atoms. The molecule has 0 bridgehead atoms. The summed E-state index contributed by atoms with van der Waals surface area (Å²) >= 11 is 6.06. The zero-order valence-electron chi connectivity index (χ0n) is 14.8. The molecule has 2 amide bonds. The van der Waals surface area contributed by atoms with E-state index in [0.717, 1.165) is 6.42 Å². The molecular formula is C18H20ClN3O4. The second-order valence-corrected chi connectivity index (χ2v) is 5.73. The summed E-state index contributed by atoms with van der Waals surface area (Å²) in [6.45, 7) is 2.49. The van der Waals surface area contributed by atoms with Crippen molar-refractivity contribution in [1.82, 2.24) is 10.3 Å². The molecule has 0 radical (unpaired) electrons. The van der Waals surface area contributed by atoms with E-state index in [9.17, 15) is 9.59 Å². The molecule has 0 atom stereocenters. The number of nitrogens with zero attached hydrogens (tertiary/aromatic N) is 1. The lowest BCUT2D eigenvalue weighted by atomic mass is 10.2. The highest BCUT2D eigenvalue weighted by Gasteiger charge is 2.15. The Morgan fingerprint density at radius 3 is 2.50 bits per heavy atom. The molecule has 0 aliphatic rings. The summed E-state index contributed by atoms with van der Waals surface area (Å²) in [6, 6.07) is 6.06. The molecule has 0 aliphatic carbocycles. The first kappa shape index (κ1) is 19.5. The van der Waals surface area contributed by atoms with E-state index in [1.54, 1.807) is 12.1 Å². The summed E-state index contributed by atoms with van der Waals surface area (Å²) in [5.74, 6) is 0.0445. The molecule has 0 fully saturated rings. The quantitative estimate of drug-likeness (QED) is 0.773. The minimum absolute atomic E-state index is 0.173. The summed E-state index contributed by atoms with van der Waals surface area (Å²) in [5.41, 5.74) is 0.858. The molecule has 8 heteroatoms. The number of carbonyl (C=O) groups is 2. The number of hydrogen-bond donors (Lipinski definition) is 2. The highest BCUT2D eigenvalue weighted by Crippen LogP contribution is 2.36. The van der Waals surface area contributed by atoms with Crippen LogP contribution >= 0.6 is 11.6 Å². The van der Waals surface area contributed by atoms with Crippen molar-refractivity contribution in [3.8, 4) is 11.5 Å². The second-order valence-electron chi connectivity index (χ2n) is 5.33. The number of rotatable bonds is 7. The standard InChI is InChI=1S/C18H20ClN3O4/c1-4-6-21-18(24)14-8-11(5-7-20-14)17(23)22-13-10-15(25-2)12(19)9-16(13)26-3/h5,7-10H,4,6H2,1-3H3,(H,21,24)(H,22,23). The third-order valence-electron chi connectivity index (χ3n) is 3.51. The maximum atomic E-state index is 12.6. The van der Waals surface area contributed by atoms with Crippen molar-refractivity contribution in [2.45, 2.75) is 13.3 Å². The van der Waals surface area contributed by atoms with Crippen LogP contribution in [0.15, 0.2) is 30.5 Å². The summed E-state index contributed by atoms with van der Waals surface area (Å²) < 4.78 is 10.4. The van der Waals surface area contributed by atoms with E-state index in [1.807, 2.05) is 6.92 Å². The van der Waals surface area contributed by atoms with Gasteiger partial charge in [0.25, 0.3) is 11.8 Å². The number of pyridine rings is 1. The average Bonchev–Trinajstić information content (AvgIpc) is 2.66. The molecule has 0 saturated carbocycles. The highest BCUT2D eigenvalue weighted by atomic mass is 35.5. The Labute approximate surface area is 156 Å². The minimum Gasteiger partial charge on any atom is -0.495 e. The number of benzene rings is 1. The van der Waals surface area contributed by atoms with Crippen molar-refractivity contribution in [1.29, 1.82) is 0 Å². The zero-order chi connectivity index (χ0) is 19.1. The molecule has 1 heterocycles. The summed E-state index contributed by atoms with van der Waals surface area (Å²) in [4.78, 5) is 28.6. The molecule has 7 nitrogen and oxygen atoms in total. The number of anilines is 1. The number of methoxy groups -OCH3 is 2. The first-order valence-electron chi connectivity index (χ1n) is 7.97. The van der Waals surface area contributed by atoms with Crippen LogP contribution in [0.25, 0.3) is 0 Å². The van der Waals surface area contributed by atoms with E-state index in [2.05, 4.69) is 15.6 Å². The SMILES string of the molecule is CCCNC(=O)c1cc(C(=O)Nc2cc(OC)c(Cl)cc2OC)ccn1. The Hall–Kier alpha value is -2.80. The number of nitrogens with one attached hydrogen (secondary N) is 2. The van der Waals surface area contributed by atoms with Gasteiger partial charge in [0.05, 0.1) is 24.9 Å². The van der Waals surface area contributed by atoms with Gasteiger partial charge >= 0.3 is 0 Å². The lowest BCUT2D eigenvalue weighted by Gasteiger charge is -2.13. The fourth-order valence-corrected chi connectivity index (χ4v) is 2.41. The van der Waals surface area contributed by atoms with Crippen LogP contribution in [0.4, 0.5) is 5.69 Å². The number of hydrogen-bond acceptors (Lipinski definition) is 5. The molecule has 1 aromatic heterocycles. The van der Waals surface area contributed by atoms with Crippen molar-refractivity contribution in [3.05, 3.63) is 46.7 Å². The smallest absolute Gasteiger partial charge is 0.269 e. The van der Waals surface area contributed by atoms with Crippen molar-refractivity contribution in [2.24, 2.45) is 0 Å². The van der Waals surface area contributed by atoms with E-state index in [-0.39, 0.29) is 17.2 Å². The monoisotopic (exact) mass is 377 g/mol. The van der Waals surface area contributed by atoms with Crippen molar-refractivity contribution >= 4 is 29.1 Å². The van der Waals surface area contributed by atoms with Crippen LogP contribution in [0.3, 0.4) is 0 Å². The van der Waals surface area contributed by atoms with Gasteiger partial charge in [-0.25, -0.2) is 0 Å². The predicted molar refractivity (Wildman–Crippen MR) is 99.4 cm³/mol. The Morgan fingerprint density at radius 2 is 1.85 bits per heavy atom. The maximum Gasteiger partial charge on any atom is 0.269 e. The molecular weight excluding hydrogens is 358 g/mol. The van der Waals surface area contributed by atoms with Gasteiger partial charge in [-0.2, -0.15) is 0 Å². The normalized spacial score (nSPS) is 10.2. The molecule has 0 spiro atoms. The first-order chi connectivity index (χ1) is 12.5. The second kappa shape index (κ2) is 9.05. The van der Waals surface area contributed by atoms with Gasteiger partial charge in [0, 0.05) is 30.4 Å². The van der Waals surface area contributed by atoms with Gasteiger partial charge in [-0.1, -0.05) is 18.5 Å². The van der Waals surface area contributed by atoms with E-state index < -0.39 is 5.91 Å². The minimum atomic E-state index is -0.417. The van der Waals surface area contributed by atoms with Gasteiger partial charge in [0.1, 0.15) is 17.2 Å². The average molecular weight is 378 g/mol. The molecule has 2 aromatic rings. The van der Waals surface area contributed by atoms with Crippen molar-refractivity contribution in [3.63, 3.8) is 0 Å². The molecule has 138 valence electrons. The van der Waals surface area contributed by atoms with Crippen LogP contribution in [0.1, 0.15) is 34.2 Å². The van der Waals surface area contributed by atoms with Crippen molar-refractivity contribution < 1.29 is 19.1 Å². The predicted octanol–water partition coefficient (Wildman–Crippen LogP) is 3.14. The van der Waals surface area contributed by atoms with Crippen LogP contribution in [-0.4, -0.2) is 37.6 Å². The third kappa shape index (κ3) is 4.64. The van der Waals surface area contributed by atoms with E-state index in [1.165, 1.54) is 32.5 Å². The molecule has 1 aromatic carbocycles. The maximum absolute atomic E-state index is 12.6. The van der Waals surface area contributed by atoms with Gasteiger partial charge < -0.3 is 20.1 Å². The van der Waals surface area contributed by atoms with Gasteiger partial charge in [-0.15, -0.1) is 0 Å². The Bertz CT molecular complexity index is 811. The van der Waals surface area contributed by atoms with Gasteiger partial charge in [0.15, 0.2) is 0 Å². The molecule has 2 N–H and O–H groups in total. The van der Waals surface area contributed by atoms with Crippen LogP contribution in [0.2, 0.25) is 5.02 Å². The van der Waals surface area contributed by atoms with E-state index >= 15 is 0 Å². The van der Waals surface area contributed by atoms with Crippen LogP contribution in [0.5, 0.6) is 11.5 Å². The Morgan fingerprint density at radius 1 is 1.12 bits per heavy atom. The van der Waals surface area contributed by atoms with Gasteiger partial charge in [-0.3, -0.25) is 14.6 Å². The molecule has 0 saturated heterocycles. The summed E-state index contributed by atoms with van der Waals surface area (Å²) in [5, 5.41) is 5.81. The highest BCUT2D eigenvalue weighted by molar-refractivity contribution is 6.32. The van der Waals surface area contributed by atoms with Crippen LogP contribution in [-0.2, 0) is 0 Å². The zero-order valence-corrected chi connectivity index (χ0v) is 15.5. The number of ether oxygens (including phenoxy) is 2. The van der Waals surface area contributed by atoms with Gasteiger partial charge in [-0.05, 0) is 18.6 Å². The molecule has 0 aliphatic heterocycles. The number of carbonyl (C=O) groups excluding carboxylic acids is 2. The number of halogens is 1. The lowest BCUT2D eigenvalue weighted by molar-refractivity contribution is 0.0948. The Balaban J connectivity index is 2.24. The fourth-order valence-electron chi connectivity index (χ4n) is 2.18. The third-order valence-corrected chi connectivity index (χ3v) is 3.81. The number of amides is 2. The van der Waals surface area contributed by atoms with Crippen LogP contribution < -0.4 is 20.1 Å².